The number of hydrogen-bond acceptors (Lipinski definition) is 8. The lowest BCUT2D eigenvalue weighted by Gasteiger charge is -2.40. The second-order valence-electron chi connectivity index (χ2n) is 20.4. The third-order valence-corrected chi connectivity index (χ3v) is 13.7. The molecular formula is C46H70FN5O7. The van der Waals surface area contributed by atoms with Crippen molar-refractivity contribution in [2.45, 2.75) is 167 Å². The molecule has 4 unspecified atom stereocenters. The molecule has 6 fully saturated rings. The number of rotatable bonds is 5. The summed E-state index contributed by atoms with van der Waals surface area (Å²) in [7, 11) is 0. The number of carbonyl (C=O) groups is 5. The van der Waals surface area contributed by atoms with E-state index in [4.69, 9.17) is 15.2 Å². The summed E-state index contributed by atoms with van der Waals surface area (Å²) < 4.78 is 24.5. The Hall–Kier alpha value is -3.74. The molecular weight excluding hydrogens is 754 g/mol. The van der Waals surface area contributed by atoms with Crippen molar-refractivity contribution in [2.75, 3.05) is 39.3 Å². The minimum atomic E-state index is -0.515. The van der Waals surface area contributed by atoms with Crippen LogP contribution < -0.4 is 5.73 Å². The van der Waals surface area contributed by atoms with E-state index in [0.717, 1.165) is 103 Å². The van der Waals surface area contributed by atoms with Crippen LogP contribution in [0.25, 0.3) is 0 Å². The van der Waals surface area contributed by atoms with Gasteiger partial charge in [0.05, 0.1) is 10.8 Å². The van der Waals surface area contributed by atoms with Crippen molar-refractivity contribution >= 4 is 29.8 Å². The summed E-state index contributed by atoms with van der Waals surface area (Å²) in [6.07, 6.45) is 12.3. The zero-order valence-electron chi connectivity index (χ0n) is 36.6. The normalized spacial score (nSPS) is 28.5. The topological polar surface area (TPSA) is 143 Å². The number of halogens is 1. The number of hydrogen-bond donors (Lipinski definition) is 1. The van der Waals surface area contributed by atoms with Crippen molar-refractivity contribution in [3.63, 3.8) is 0 Å². The maximum Gasteiger partial charge on any atom is 0.410 e. The lowest BCUT2D eigenvalue weighted by Crippen LogP contribution is -2.50. The summed E-state index contributed by atoms with van der Waals surface area (Å²) in [5.74, 6) is 0.260. The predicted molar refractivity (Wildman–Crippen MR) is 223 cm³/mol. The number of nitrogens with two attached hydrogens (primary N) is 1. The van der Waals surface area contributed by atoms with Gasteiger partial charge in [0.1, 0.15) is 17.0 Å². The van der Waals surface area contributed by atoms with Crippen LogP contribution in [0.3, 0.4) is 0 Å². The molecule has 13 heteroatoms. The van der Waals surface area contributed by atoms with Gasteiger partial charge in [0.2, 0.25) is 11.8 Å². The van der Waals surface area contributed by atoms with Gasteiger partial charge in [-0.3, -0.25) is 14.4 Å². The average Bonchev–Trinajstić information content (AvgIpc) is 3.64. The average molecular weight is 824 g/mol. The first kappa shape index (κ1) is 44.8. The third-order valence-electron chi connectivity index (χ3n) is 13.7. The molecule has 4 aliphatic heterocycles. The molecule has 4 saturated heterocycles. The Kier molecular flexibility index (Phi) is 13.7. The van der Waals surface area contributed by atoms with Gasteiger partial charge in [-0.15, -0.1) is 0 Å². The molecule has 328 valence electrons. The van der Waals surface area contributed by atoms with Crippen LogP contribution in [-0.2, 0) is 19.1 Å². The first-order valence-corrected chi connectivity index (χ1v) is 22.4. The van der Waals surface area contributed by atoms with Crippen molar-refractivity contribution < 1.29 is 37.8 Å². The van der Waals surface area contributed by atoms with Crippen LogP contribution in [0.2, 0.25) is 0 Å². The summed E-state index contributed by atoms with van der Waals surface area (Å²) in [5, 5.41) is 0. The molecule has 1 aromatic rings. The third kappa shape index (κ3) is 11.0. The SMILES string of the molecule is CC(C)(C)OC(=O)N1CCC(N2CCC3(CCCC(CC(=O)c4cccc(F)c4)C3)C2=O)CC1.CC(C)(C)OC(=O)N1CCC(N2CCC3(CCCC(N)C3)C2=O)CC1. The van der Waals surface area contributed by atoms with Crippen LogP contribution in [0, 0.1) is 22.6 Å². The zero-order chi connectivity index (χ0) is 42.8. The minimum absolute atomic E-state index is 0.0432. The number of piperidine rings is 2. The van der Waals surface area contributed by atoms with Gasteiger partial charge in [-0.1, -0.05) is 25.0 Å². The fraction of sp³-hybridized carbons (Fsp3) is 0.761. The highest BCUT2D eigenvalue weighted by Gasteiger charge is 2.52. The molecule has 4 amide bonds. The minimum Gasteiger partial charge on any atom is -0.444 e. The van der Waals surface area contributed by atoms with Crippen molar-refractivity contribution in [3.8, 4) is 0 Å². The Balaban J connectivity index is 0.000000208. The van der Waals surface area contributed by atoms with Gasteiger partial charge in [0.25, 0.3) is 0 Å². The van der Waals surface area contributed by atoms with E-state index in [1.165, 1.54) is 12.1 Å². The van der Waals surface area contributed by atoms with E-state index in [1.807, 2.05) is 46.4 Å². The van der Waals surface area contributed by atoms with Crippen molar-refractivity contribution in [1.29, 1.82) is 0 Å². The second kappa shape index (κ2) is 18.1. The molecule has 2 aliphatic carbocycles. The number of nitrogens with zero attached hydrogens (tertiary/aromatic N) is 4. The highest BCUT2D eigenvalue weighted by Crippen LogP contribution is 2.49. The second-order valence-corrected chi connectivity index (χ2v) is 20.4. The molecule has 2 saturated carbocycles. The van der Waals surface area contributed by atoms with Crippen molar-refractivity contribution in [3.05, 3.63) is 35.6 Å². The van der Waals surface area contributed by atoms with Gasteiger partial charge in [-0.25, -0.2) is 14.0 Å². The monoisotopic (exact) mass is 824 g/mol. The van der Waals surface area contributed by atoms with Crippen molar-refractivity contribution in [2.24, 2.45) is 22.5 Å². The summed E-state index contributed by atoms with van der Waals surface area (Å²) in [5.41, 5.74) is 5.02. The molecule has 2 spiro atoms. The largest absolute Gasteiger partial charge is 0.444 e. The van der Waals surface area contributed by atoms with Crippen LogP contribution in [0.15, 0.2) is 24.3 Å². The molecule has 2 N–H and O–H groups in total. The molecule has 0 aromatic heterocycles. The van der Waals surface area contributed by atoms with E-state index in [2.05, 4.69) is 4.90 Å². The maximum atomic E-state index is 13.6. The number of amides is 4. The summed E-state index contributed by atoms with van der Waals surface area (Å²) in [6.45, 7) is 15.4. The molecule has 0 bridgehead atoms. The highest BCUT2D eigenvalue weighted by atomic mass is 19.1. The molecule has 4 atom stereocenters. The molecule has 12 nitrogen and oxygen atoms in total. The lowest BCUT2D eigenvalue weighted by atomic mass is 9.67. The number of likely N-dealkylation sites (tertiary alicyclic amines) is 4. The van der Waals surface area contributed by atoms with E-state index >= 15 is 0 Å². The van der Waals surface area contributed by atoms with Crippen LogP contribution in [-0.4, -0.2) is 118 Å². The summed E-state index contributed by atoms with van der Waals surface area (Å²) in [6, 6.07) is 6.45. The molecule has 7 rings (SSSR count). The van der Waals surface area contributed by atoms with Crippen LogP contribution in [0.1, 0.15) is 148 Å². The molecule has 0 radical (unpaired) electrons. The Labute approximate surface area is 351 Å². The summed E-state index contributed by atoms with van der Waals surface area (Å²) in [4.78, 5) is 71.7. The lowest BCUT2D eigenvalue weighted by molar-refractivity contribution is -0.141. The molecule has 4 heterocycles. The number of ether oxygens (including phenoxy) is 2. The fourth-order valence-electron chi connectivity index (χ4n) is 10.7. The van der Waals surface area contributed by atoms with Crippen LogP contribution in [0.5, 0.6) is 0 Å². The maximum absolute atomic E-state index is 13.6. The number of carbonyl (C=O) groups excluding carboxylic acids is 5. The Morgan fingerprint density at radius 1 is 0.695 bits per heavy atom. The fourth-order valence-corrected chi connectivity index (χ4v) is 10.7. The number of ketones is 1. The van der Waals surface area contributed by atoms with E-state index in [9.17, 15) is 28.4 Å². The zero-order valence-corrected chi connectivity index (χ0v) is 36.6. The number of Topliss-reactive ketones (excluding diaryl/α,β-unsaturated/α-hetero) is 1. The quantitative estimate of drug-likeness (QED) is 0.298. The van der Waals surface area contributed by atoms with Gasteiger partial charge in [0.15, 0.2) is 5.78 Å². The van der Waals surface area contributed by atoms with Gasteiger partial charge in [-0.05, 0) is 137 Å². The van der Waals surface area contributed by atoms with E-state index in [-0.39, 0.29) is 58.8 Å². The van der Waals surface area contributed by atoms with Gasteiger partial charge < -0.3 is 34.8 Å². The Bertz CT molecular complexity index is 1690. The first-order chi connectivity index (χ1) is 27.8. The van der Waals surface area contributed by atoms with Gasteiger partial charge in [0, 0.05) is 69.4 Å². The Morgan fingerprint density at radius 3 is 1.63 bits per heavy atom. The Morgan fingerprint density at radius 2 is 1.17 bits per heavy atom. The number of benzene rings is 1. The van der Waals surface area contributed by atoms with Crippen molar-refractivity contribution in [1.82, 2.24) is 19.6 Å². The molecule has 59 heavy (non-hydrogen) atoms. The highest BCUT2D eigenvalue weighted by molar-refractivity contribution is 5.96. The molecule has 6 aliphatic rings. The van der Waals surface area contributed by atoms with E-state index < -0.39 is 17.0 Å². The van der Waals surface area contributed by atoms with Gasteiger partial charge in [-0.2, -0.15) is 0 Å². The predicted octanol–water partition coefficient (Wildman–Crippen LogP) is 7.71. The van der Waals surface area contributed by atoms with Crippen LogP contribution >= 0.6 is 0 Å². The van der Waals surface area contributed by atoms with Crippen LogP contribution in [0.4, 0.5) is 14.0 Å². The van der Waals surface area contributed by atoms with E-state index in [1.54, 1.807) is 21.9 Å². The smallest absolute Gasteiger partial charge is 0.410 e. The summed E-state index contributed by atoms with van der Waals surface area (Å²) >= 11 is 0. The standard InChI is InChI=1S/C27H37FN2O4.C19H33N3O3/c1-26(2,3)34-25(33)29-13-9-22(10-14-29)30-15-12-27(24(30)32)11-5-6-19(18-27)16-23(31)20-7-4-8-21(28)17-20;1-18(2,3)25-17(24)21-10-6-15(7-11-21)22-12-9-19(16(22)23)8-4-5-14(20)13-19/h4,7-8,17,19,22H,5-6,9-16,18H2,1-3H3;14-15H,4-13,20H2,1-3H3. The first-order valence-electron chi connectivity index (χ1n) is 22.4. The van der Waals surface area contributed by atoms with Gasteiger partial charge >= 0.3 is 12.2 Å². The van der Waals surface area contributed by atoms with E-state index in [0.29, 0.717) is 44.1 Å². The molecule has 1 aromatic carbocycles.